The van der Waals surface area contributed by atoms with Gasteiger partial charge in [-0.25, -0.2) is 14.4 Å². The number of ether oxygens (including phenoxy) is 2. The van der Waals surface area contributed by atoms with Gasteiger partial charge < -0.3 is 29.8 Å². The molecule has 5 aromatic rings. The Balaban J connectivity index is 0.941. The number of piperazine rings is 1. The van der Waals surface area contributed by atoms with Gasteiger partial charge in [0.2, 0.25) is 5.88 Å². The van der Waals surface area contributed by atoms with Crippen LogP contribution in [-0.2, 0) is 17.8 Å². The van der Waals surface area contributed by atoms with Crippen LogP contribution in [0.2, 0.25) is 0 Å². The summed E-state index contributed by atoms with van der Waals surface area (Å²) in [5, 5.41) is 9.81. The predicted molar refractivity (Wildman–Crippen MR) is 225 cm³/mol. The van der Waals surface area contributed by atoms with Gasteiger partial charge in [0.05, 0.1) is 19.4 Å². The van der Waals surface area contributed by atoms with Crippen LogP contribution in [0.4, 0.5) is 4.39 Å². The van der Waals surface area contributed by atoms with E-state index in [4.69, 9.17) is 9.47 Å². The first-order chi connectivity index (χ1) is 28.5. The molecule has 3 aromatic heterocycles. The number of hydrogen-bond donors (Lipinski definition) is 3. The van der Waals surface area contributed by atoms with Gasteiger partial charge in [-0.15, -0.1) is 0 Å². The van der Waals surface area contributed by atoms with Gasteiger partial charge in [0.25, 0.3) is 11.8 Å². The zero-order valence-corrected chi connectivity index (χ0v) is 34.4. The molecule has 2 aromatic carbocycles. The van der Waals surface area contributed by atoms with E-state index in [1.54, 1.807) is 6.20 Å². The molecule has 2 saturated heterocycles. The summed E-state index contributed by atoms with van der Waals surface area (Å²) in [5.74, 6) is -0.779. The van der Waals surface area contributed by atoms with E-state index in [0.717, 1.165) is 61.4 Å². The Morgan fingerprint density at radius 3 is 2.41 bits per heavy atom. The summed E-state index contributed by atoms with van der Waals surface area (Å²) < 4.78 is 28.6. The largest absolute Gasteiger partial charge is 0.438 e. The monoisotopic (exact) mass is 802 g/mol. The van der Waals surface area contributed by atoms with Crippen LogP contribution in [0.5, 0.6) is 11.6 Å². The number of amides is 2. The predicted octanol–water partition coefficient (Wildman–Crippen LogP) is 6.51. The lowest BCUT2D eigenvalue weighted by Crippen LogP contribution is -2.53. The van der Waals surface area contributed by atoms with E-state index in [9.17, 15) is 14.0 Å². The highest BCUT2D eigenvalue weighted by atomic mass is 19.1. The molecule has 310 valence electrons. The van der Waals surface area contributed by atoms with Crippen LogP contribution in [0.1, 0.15) is 84.1 Å². The van der Waals surface area contributed by atoms with Gasteiger partial charge in [0.1, 0.15) is 28.5 Å². The molecule has 1 saturated carbocycles. The summed E-state index contributed by atoms with van der Waals surface area (Å²) in [5.41, 5.74) is 6.70. The van der Waals surface area contributed by atoms with Gasteiger partial charge in [-0.05, 0) is 106 Å². The Labute approximate surface area is 345 Å². The van der Waals surface area contributed by atoms with E-state index < -0.39 is 11.7 Å². The summed E-state index contributed by atoms with van der Waals surface area (Å²) >= 11 is 0. The zero-order chi connectivity index (χ0) is 41.0. The third-order valence-electron chi connectivity index (χ3n) is 11.8. The maximum atomic E-state index is 14.6. The number of aryl methyl sites for hydroxylation is 1. The summed E-state index contributed by atoms with van der Waals surface area (Å²) in [6.07, 6.45) is 5.49. The van der Waals surface area contributed by atoms with Gasteiger partial charge in [-0.2, -0.15) is 0 Å². The number of carbonyl (C=O) groups excluding carboxylic acids is 2. The number of aromatic nitrogens is 3. The van der Waals surface area contributed by atoms with Crippen LogP contribution in [-0.4, -0.2) is 99.0 Å². The molecule has 5 heterocycles. The fraction of sp³-hybridized carbons (Fsp3) is 0.435. The molecule has 3 fully saturated rings. The Kier molecular flexibility index (Phi) is 12.3. The average Bonchev–Trinajstić information content (AvgIpc) is 3.66. The normalized spacial score (nSPS) is 22.9. The van der Waals surface area contributed by atoms with Crippen LogP contribution in [0.3, 0.4) is 0 Å². The standard InChI is InChI=1S/C46H55FN8O4/c1-29-23-53(24-30(2)49-29)25-33-11-16-40(35(19-33)26-54-17-18-58-28-32(54)4)34-8-6-9-39(20-34)59-46-41(21-36(47)22-48-46)44(56)50-37-12-14-38(15-13-37)51-45(57)42-27-55-31(3)7-5-10-43(55)52-42/h5-11,16,19-22,27,29-30,32,37-38,49H,12-15,17-18,23-26,28H2,1-4H3,(H,50,56)(H,51,57)/t29-,30+,32-,37-,38+/m0/s1. The molecule has 59 heavy (non-hydrogen) atoms. The molecular weight excluding hydrogens is 748 g/mol. The Morgan fingerprint density at radius 1 is 0.915 bits per heavy atom. The Bertz CT molecular complexity index is 2280. The molecule has 3 aliphatic rings. The van der Waals surface area contributed by atoms with E-state index in [1.165, 1.54) is 17.2 Å². The maximum Gasteiger partial charge on any atom is 0.271 e. The molecule has 12 nitrogen and oxygen atoms in total. The number of halogens is 1. The van der Waals surface area contributed by atoms with Crippen molar-refractivity contribution in [2.45, 2.75) is 96.7 Å². The first-order valence-corrected chi connectivity index (χ1v) is 21.0. The molecule has 0 bridgehead atoms. The molecule has 8 rings (SSSR count). The van der Waals surface area contributed by atoms with Gasteiger partial charge in [-0.1, -0.05) is 36.4 Å². The second kappa shape index (κ2) is 18.0. The first kappa shape index (κ1) is 40.6. The van der Waals surface area contributed by atoms with Crippen molar-refractivity contribution >= 4 is 17.5 Å². The lowest BCUT2D eigenvalue weighted by molar-refractivity contribution is -0.00431. The molecule has 0 unspecified atom stereocenters. The van der Waals surface area contributed by atoms with E-state index >= 15 is 0 Å². The molecule has 13 heteroatoms. The van der Waals surface area contributed by atoms with Crippen LogP contribution in [0.15, 0.2) is 79.1 Å². The summed E-state index contributed by atoms with van der Waals surface area (Å²) in [7, 11) is 0. The number of fused-ring (bicyclic) bond motifs is 1. The highest BCUT2D eigenvalue weighted by Gasteiger charge is 2.28. The minimum absolute atomic E-state index is 0.0240. The van der Waals surface area contributed by atoms with E-state index in [-0.39, 0.29) is 29.4 Å². The minimum Gasteiger partial charge on any atom is -0.438 e. The second-order valence-electron chi connectivity index (χ2n) is 16.7. The summed E-state index contributed by atoms with van der Waals surface area (Å²) in [4.78, 5) is 40.4. The van der Waals surface area contributed by atoms with Gasteiger partial charge >= 0.3 is 0 Å². The Hall–Kier alpha value is -5.21. The minimum atomic E-state index is -0.628. The first-order valence-electron chi connectivity index (χ1n) is 21.0. The third-order valence-corrected chi connectivity index (χ3v) is 11.8. The molecule has 1 aliphatic carbocycles. The molecule has 3 N–H and O–H groups in total. The SMILES string of the molecule is Cc1cccc2nc(C(=O)N[C@H]3CC[C@@H](NC(=O)c4cc(F)cnc4Oc4cccc(-c5ccc(CN6C[C@@H](C)N[C@@H](C)C6)cc5CN5CCOC[C@@H]5C)c4)CC3)cn12. The van der Waals surface area contributed by atoms with Crippen molar-refractivity contribution < 1.29 is 23.5 Å². The van der Waals surface area contributed by atoms with Gasteiger partial charge in [-0.3, -0.25) is 19.4 Å². The molecule has 0 radical (unpaired) electrons. The smallest absolute Gasteiger partial charge is 0.271 e. The van der Waals surface area contributed by atoms with E-state index in [2.05, 4.69) is 80.8 Å². The highest BCUT2D eigenvalue weighted by molar-refractivity contribution is 5.96. The average molecular weight is 803 g/mol. The zero-order valence-electron chi connectivity index (χ0n) is 34.4. The van der Waals surface area contributed by atoms with E-state index in [1.807, 2.05) is 47.7 Å². The quantitative estimate of drug-likeness (QED) is 0.137. The Morgan fingerprint density at radius 2 is 1.66 bits per heavy atom. The van der Waals surface area contributed by atoms with Crippen molar-refractivity contribution in [1.82, 2.24) is 40.1 Å². The van der Waals surface area contributed by atoms with Crippen molar-refractivity contribution in [3.05, 3.63) is 113 Å². The molecule has 3 atom stereocenters. The van der Waals surface area contributed by atoms with Crippen LogP contribution < -0.4 is 20.7 Å². The number of pyridine rings is 2. The summed E-state index contributed by atoms with van der Waals surface area (Å²) in [6, 6.07) is 22.5. The fourth-order valence-corrected chi connectivity index (χ4v) is 8.87. The highest BCUT2D eigenvalue weighted by Crippen LogP contribution is 2.33. The van der Waals surface area contributed by atoms with Crippen molar-refractivity contribution in [3.8, 4) is 22.8 Å². The topological polar surface area (TPSA) is 125 Å². The van der Waals surface area contributed by atoms with Crippen molar-refractivity contribution in [2.24, 2.45) is 0 Å². The number of morpholine rings is 1. The van der Waals surface area contributed by atoms with Crippen LogP contribution >= 0.6 is 0 Å². The van der Waals surface area contributed by atoms with Crippen LogP contribution in [0, 0.1) is 12.7 Å². The van der Waals surface area contributed by atoms with Crippen LogP contribution in [0.25, 0.3) is 16.8 Å². The molecule has 2 amide bonds. The fourth-order valence-electron chi connectivity index (χ4n) is 8.87. The number of nitrogens with one attached hydrogen (secondary N) is 3. The number of nitrogens with zero attached hydrogens (tertiary/aromatic N) is 5. The lowest BCUT2D eigenvalue weighted by atomic mass is 9.91. The van der Waals surface area contributed by atoms with Crippen molar-refractivity contribution in [3.63, 3.8) is 0 Å². The van der Waals surface area contributed by atoms with E-state index in [0.29, 0.717) is 68.5 Å². The third kappa shape index (κ3) is 9.82. The van der Waals surface area contributed by atoms with Crippen molar-refractivity contribution in [1.29, 1.82) is 0 Å². The van der Waals surface area contributed by atoms with Crippen molar-refractivity contribution in [2.75, 3.05) is 32.8 Å². The molecule has 0 spiro atoms. The molecular formula is C46H55FN8O4. The van der Waals surface area contributed by atoms with Gasteiger partial charge in [0, 0.05) is 74.8 Å². The number of benzene rings is 2. The number of carbonyl (C=O) groups is 2. The maximum absolute atomic E-state index is 14.6. The van der Waals surface area contributed by atoms with Gasteiger partial charge in [0.15, 0.2) is 0 Å². The second-order valence-corrected chi connectivity index (χ2v) is 16.7. The number of hydrogen-bond acceptors (Lipinski definition) is 9. The molecule has 2 aliphatic heterocycles. The summed E-state index contributed by atoms with van der Waals surface area (Å²) in [6.45, 7) is 14.6. The number of rotatable bonds is 11. The number of imidazole rings is 1. The lowest BCUT2D eigenvalue weighted by Gasteiger charge is -2.36.